The zero-order valence-electron chi connectivity index (χ0n) is 10.3. The van der Waals surface area contributed by atoms with Crippen molar-refractivity contribution < 1.29 is 9.53 Å². The Labute approximate surface area is 93.7 Å². The molecule has 0 aromatic rings. The summed E-state index contributed by atoms with van der Waals surface area (Å²) in [5.74, 6) is 0.738. The highest BCUT2D eigenvalue weighted by Crippen LogP contribution is 2.18. The van der Waals surface area contributed by atoms with Gasteiger partial charge in [0, 0.05) is 6.08 Å². The van der Waals surface area contributed by atoms with Crippen molar-refractivity contribution >= 4 is 5.97 Å². The summed E-state index contributed by atoms with van der Waals surface area (Å²) in [5.41, 5.74) is 0. The molecule has 0 aromatic carbocycles. The molecule has 15 heavy (non-hydrogen) atoms. The van der Waals surface area contributed by atoms with Crippen molar-refractivity contribution in [1.29, 1.82) is 0 Å². The molecule has 0 spiro atoms. The SMILES string of the molecule is C=CC(=O)OCC(C)C(C)CCCCC. The van der Waals surface area contributed by atoms with Gasteiger partial charge in [0.1, 0.15) is 0 Å². The molecule has 0 aliphatic carbocycles. The Morgan fingerprint density at radius 2 is 2.00 bits per heavy atom. The van der Waals surface area contributed by atoms with E-state index in [-0.39, 0.29) is 5.97 Å². The number of carbonyl (C=O) groups excluding carboxylic acids is 1. The Morgan fingerprint density at radius 1 is 1.33 bits per heavy atom. The highest BCUT2D eigenvalue weighted by Gasteiger charge is 2.13. The second kappa shape index (κ2) is 8.51. The number of rotatable bonds is 8. The van der Waals surface area contributed by atoms with E-state index < -0.39 is 0 Å². The van der Waals surface area contributed by atoms with Crippen LogP contribution in [0.15, 0.2) is 12.7 Å². The van der Waals surface area contributed by atoms with Gasteiger partial charge in [0.15, 0.2) is 0 Å². The van der Waals surface area contributed by atoms with Crippen LogP contribution < -0.4 is 0 Å². The molecular formula is C13H24O2. The predicted octanol–water partition coefficient (Wildman–Crippen LogP) is 3.57. The van der Waals surface area contributed by atoms with E-state index in [4.69, 9.17) is 4.74 Å². The fourth-order valence-corrected chi connectivity index (χ4v) is 1.44. The Bertz CT molecular complexity index is 187. The van der Waals surface area contributed by atoms with Gasteiger partial charge in [0.25, 0.3) is 0 Å². The van der Waals surface area contributed by atoms with Crippen LogP contribution >= 0.6 is 0 Å². The second-order valence-corrected chi connectivity index (χ2v) is 4.28. The summed E-state index contributed by atoms with van der Waals surface area (Å²) in [6.45, 7) is 10.4. The van der Waals surface area contributed by atoms with Crippen molar-refractivity contribution in [3.63, 3.8) is 0 Å². The van der Waals surface area contributed by atoms with Gasteiger partial charge in [0.2, 0.25) is 0 Å². The molecule has 0 amide bonds. The highest BCUT2D eigenvalue weighted by molar-refractivity contribution is 5.81. The van der Waals surface area contributed by atoms with E-state index >= 15 is 0 Å². The van der Waals surface area contributed by atoms with Crippen LogP contribution in [0.5, 0.6) is 0 Å². The standard InChI is InChI=1S/C13H24O2/c1-5-7-8-9-11(3)12(4)10-15-13(14)6-2/h6,11-12H,2,5,7-10H2,1,3-4H3. The summed E-state index contributed by atoms with van der Waals surface area (Å²) < 4.78 is 5.02. The Hall–Kier alpha value is -0.790. The molecular weight excluding hydrogens is 188 g/mol. The van der Waals surface area contributed by atoms with Crippen molar-refractivity contribution in [3.05, 3.63) is 12.7 Å². The quantitative estimate of drug-likeness (QED) is 0.349. The van der Waals surface area contributed by atoms with Crippen molar-refractivity contribution in [1.82, 2.24) is 0 Å². The predicted molar refractivity (Wildman–Crippen MR) is 63.6 cm³/mol. The molecule has 88 valence electrons. The summed E-state index contributed by atoms with van der Waals surface area (Å²) in [6.07, 6.45) is 6.27. The first-order chi connectivity index (χ1) is 7.11. The average molecular weight is 212 g/mol. The fourth-order valence-electron chi connectivity index (χ4n) is 1.44. The second-order valence-electron chi connectivity index (χ2n) is 4.28. The van der Waals surface area contributed by atoms with Gasteiger partial charge in [-0.3, -0.25) is 0 Å². The van der Waals surface area contributed by atoms with Crippen LogP contribution in [-0.4, -0.2) is 12.6 Å². The number of hydrogen-bond donors (Lipinski definition) is 0. The first kappa shape index (κ1) is 14.2. The topological polar surface area (TPSA) is 26.3 Å². The number of esters is 1. The summed E-state index contributed by atoms with van der Waals surface area (Å²) >= 11 is 0. The third-order valence-corrected chi connectivity index (χ3v) is 2.89. The molecule has 0 heterocycles. The van der Waals surface area contributed by atoms with Crippen molar-refractivity contribution in [2.24, 2.45) is 11.8 Å². The summed E-state index contributed by atoms with van der Waals surface area (Å²) in [7, 11) is 0. The lowest BCUT2D eigenvalue weighted by molar-refractivity contribution is -0.139. The zero-order valence-corrected chi connectivity index (χ0v) is 10.3. The molecule has 2 atom stereocenters. The van der Waals surface area contributed by atoms with E-state index in [2.05, 4.69) is 27.4 Å². The maximum absolute atomic E-state index is 10.9. The molecule has 0 aliphatic heterocycles. The molecule has 0 aromatic heterocycles. The minimum atomic E-state index is -0.317. The van der Waals surface area contributed by atoms with Gasteiger partial charge in [-0.05, 0) is 11.8 Å². The molecule has 0 radical (unpaired) electrons. The van der Waals surface area contributed by atoms with Crippen LogP contribution in [0.2, 0.25) is 0 Å². The Balaban J connectivity index is 3.63. The van der Waals surface area contributed by atoms with E-state index in [0.29, 0.717) is 18.4 Å². The van der Waals surface area contributed by atoms with Crippen LogP contribution in [0.4, 0.5) is 0 Å². The number of unbranched alkanes of at least 4 members (excludes halogenated alkanes) is 2. The van der Waals surface area contributed by atoms with E-state index in [1.165, 1.54) is 31.8 Å². The summed E-state index contributed by atoms with van der Waals surface area (Å²) in [6, 6.07) is 0. The van der Waals surface area contributed by atoms with Gasteiger partial charge >= 0.3 is 5.97 Å². The van der Waals surface area contributed by atoms with E-state index in [9.17, 15) is 4.79 Å². The smallest absolute Gasteiger partial charge is 0.330 e. The van der Waals surface area contributed by atoms with Crippen LogP contribution in [0.3, 0.4) is 0 Å². The van der Waals surface area contributed by atoms with Crippen molar-refractivity contribution in [2.75, 3.05) is 6.61 Å². The van der Waals surface area contributed by atoms with Crippen LogP contribution in [0, 0.1) is 11.8 Å². The van der Waals surface area contributed by atoms with Crippen LogP contribution in [0.25, 0.3) is 0 Å². The van der Waals surface area contributed by atoms with Gasteiger partial charge in [-0.25, -0.2) is 4.79 Å². The molecule has 0 rings (SSSR count). The molecule has 2 heteroatoms. The third kappa shape index (κ3) is 7.18. The summed E-state index contributed by atoms with van der Waals surface area (Å²) in [4.78, 5) is 10.9. The van der Waals surface area contributed by atoms with E-state index in [1.807, 2.05) is 0 Å². The highest BCUT2D eigenvalue weighted by atomic mass is 16.5. The van der Waals surface area contributed by atoms with Gasteiger partial charge in [0.05, 0.1) is 6.61 Å². The van der Waals surface area contributed by atoms with Crippen LogP contribution in [-0.2, 0) is 9.53 Å². The first-order valence-electron chi connectivity index (χ1n) is 5.91. The lowest BCUT2D eigenvalue weighted by Crippen LogP contribution is -2.16. The molecule has 0 saturated carbocycles. The minimum Gasteiger partial charge on any atom is -0.462 e. The average Bonchev–Trinajstić information content (AvgIpc) is 2.25. The van der Waals surface area contributed by atoms with Crippen molar-refractivity contribution in [3.8, 4) is 0 Å². The van der Waals surface area contributed by atoms with Gasteiger partial charge in [-0.1, -0.05) is 53.0 Å². The molecule has 2 unspecified atom stereocenters. The lowest BCUT2D eigenvalue weighted by atomic mass is 9.91. The summed E-state index contributed by atoms with van der Waals surface area (Å²) in [5, 5.41) is 0. The maximum Gasteiger partial charge on any atom is 0.330 e. The molecule has 0 N–H and O–H groups in total. The van der Waals surface area contributed by atoms with Gasteiger partial charge in [-0.2, -0.15) is 0 Å². The molecule has 0 fully saturated rings. The van der Waals surface area contributed by atoms with E-state index in [0.717, 1.165) is 0 Å². The Kier molecular flexibility index (Phi) is 8.06. The third-order valence-electron chi connectivity index (χ3n) is 2.89. The van der Waals surface area contributed by atoms with Crippen molar-refractivity contribution in [2.45, 2.75) is 46.5 Å². The Morgan fingerprint density at radius 3 is 2.53 bits per heavy atom. The number of hydrogen-bond acceptors (Lipinski definition) is 2. The zero-order chi connectivity index (χ0) is 11.7. The fraction of sp³-hybridized carbons (Fsp3) is 0.769. The molecule has 0 bridgehead atoms. The molecule has 2 nitrogen and oxygen atoms in total. The maximum atomic E-state index is 10.9. The number of ether oxygens (including phenoxy) is 1. The van der Waals surface area contributed by atoms with E-state index in [1.54, 1.807) is 0 Å². The molecule has 0 aliphatic rings. The lowest BCUT2D eigenvalue weighted by Gasteiger charge is -2.19. The van der Waals surface area contributed by atoms with Crippen LogP contribution in [0.1, 0.15) is 46.5 Å². The van der Waals surface area contributed by atoms with Gasteiger partial charge in [-0.15, -0.1) is 0 Å². The first-order valence-corrected chi connectivity index (χ1v) is 5.91. The normalized spacial score (nSPS) is 14.3. The number of carbonyl (C=O) groups is 1. The van der Waals surface area contributed by atoms with Gasteiger partial charge < -0.3 is 4.74 Å². The molecule has 0 saturated heterocycles. The largest absolute Gasteiger partial charge is 0.462 e. The monoisotopic (exact) mass is 212 g/mol. The minimum absolute atomic E-state index is 0.317.